The predicted molar refractivity (Wildman–Crippen MR) is 73.6 cm³/mol. The van der Waals surface area contributed by atoms with E-state index in [2.05, 4.69) is 16.0 Å². The van der Waals surface area contributed by atoms with Crippen LogP contribution >= 0.6 is 0 Å². The molecule has 0 aromatic carbocycles. The second kappa shape index (κ2) is 7.48. The zero-order chi connectivity index (χ0) is 13.5. The number of nitrogens with one attached hydrogen (secondary N) is 3. The molecule has 0 bridgehead atoms. The Labute approximate surface area is 114 Å². The normalized spacial score (nSPS) is 20.0. The minimum atomic E-state index is -0.0823. The van der Waals surface area contributed by atoms with Crippen LogP contribution in [0, 0.1) is 11.8 Å². The molecule has 1 aliphatic heterocycles. The zero-order valence-corrected chi connectivity index (χ0v) is 11.5. The fourth-order valence-electron chi connectivity index (χ4n) is 2.71. The van der Waals surface area contributed by atoms with Crippen molar-refractivity contribution in [1.82, 2.24) is 16.0 Å². The van der Waals surface area contributed by atoms with Crippen LogP contribution in [0.3, 0.4) is 0 Å². The van der Waals surface area contributed by atoms with Crippen LogP contribution in [0.2, 0.25) is 0 Å². The summed E-state index contributed by atoms with van der Waals surface area (Å²) >= 11 is 0. The first-order chi connectivity index (χ1) is 9.24. The third-order valence-corrected chi connectivity index (χ3v) is 4.15. The van der Waals surface area contributed by atoms with Gasteiger partial charge in [-0.2, -0.15) is 0 Å². The van der Waals surface area contributed by atoms with Crippen molar-refractivity contribution in [2.75, 3.05) is 26.2 Å². The van der Waals surface area contributed by atoms with Gasteiger partial charge in [-0.05, 0) is 12.3 Å². The van der Waals surface area contributed by atoms with E-state index < -0.39 is 0 Å². The largest absolute Gasteiger partial charge is 0.354 e. The van der Waals surface area contributed by atoms with E-state index in [1.165, 1.54) is 25.7 Å². The molecule has 0 unspecified atom stereocenters. The molecule has 0 radical (unpaired) electrons. The Bertz CT molecular complexity index is 310. The smallest absolute Gasteiger partial charge is 0.239 e. The van der Waals surface area contributed by atoms with Crippen LogP contribution in [0.1, 0.15) is 38.5 Å². The van der Waals surface area contributed by atoms with Gasteiger partial charge in [-0.25, -0.2) is 0 Å². The molecular weight excluding hydrogens is 242 g/mol. The highest BCUT2D eigenvalue weighted by Crippen LogP contribution is 2.28. The van der Waals surface area contributed by atoms with Crippen LogP contribution in [0.15, 0.2) is 0 Å². The molecule has 1 heterocycles. The van der Waals surface area contributed by atoms with Gasteiger partial charge >= 0.3 is 0 Å². The third-order valence-electron chi connectivity index (χ3n) is 4.15. The summed E-state index contributed by atoms with van der Waals surface area (Å²) in [6.07, 6.45) is 6.69. The van der Waals surface area contributed by atoms with Gasteiger partial charge in [0.15, 0.2) is 0 Å². The Balaban J connectivity index is 1.48. The SMILES string of the molecule is O=C(CCC1CCCC1)NCC(=O)NCC1CNC1. The number of hydrogen-bond donors (Lipinski definition) is 3. The van der Waals surface area contributed by atoms with Crippen LogP contribution in [-0.2, 0) is 9.59 Å². The molecule has 1 saturated carbocycles. The van der Waals surface area contributed by atoms with E-state index in [1.54, 1.807) is 0 Å². The molecule has 108 valence electrons. The van der Waals surface area contributed by atoms with Gasteiger partial charge in [-0.3, -0.25) is 9.59 Å². The topological polar surface area (TPSA) is 70.2 Å². The molecule has 1 saturated heterocycles. The number of rotatable bonds is 7. The van der Waals surface area contributed by atoms with Gasteiger partial charge < -0.3 is 16.0 Å². The Kier molecular flexibility index (Phi) is 5.63. The van der Waals surface area contributed by atoms with E-state index in [0.717, 1.165) is 25.4 Å². The van der Waals surface area contributed by atoms with Gasteiger partial charge in [-0.1, -0.05) is 25.7 Å². The van der Waals surface area contributed by atoms with Crippen molar-refractivity contribution in [3.63, 3.8) is 0 Å². The fraction of sp³-hybridized carbons (Fsp3) is 0.857. The van der Waals surface area contributed by atoms with Gasteiger partial charge in [-0.15, -0.1) is 0 Å². The first-order valence-corrected chi connectivity index (χ1v) is 7.48. The van der Waals surface area contributed by atoms with E-state index in [4.69, 9.17) is 0 Å². The summed E-state index contributed by atoms with van der Waals surface area (Å²) in [7, 11) is 0. The highest BCUT2D eigenvalue weighted by atomic mass is 16.2. The highest BCUT2D eigenvalue weighted by molar-refractivity contribution is 5.84. The molecule has 2 amide bonds. The Morgan fingerprint density at radius 2 is 1.74 bits per heavy atom. The average molecular weight is 267 g/mol. The first kappa shape index (κ1) is 14.3. The first-order valence-electron chi connectivity index (χ1n) is 7.48. The molecule has 5 nitrogen and oxygen atoms in total. The molecule has 3 N–H and O–H groups in total. The summed E-state index contributed by atoms with van der Waals surface area (Å²) in [4.78, 5) is 23.1. The van der Waals surface area contributed by atoms with Crippen molar-refractivity contribution >= 4 is 11.8 Å². The monoisotopic (exact) mass is 267 g/mol. The van der Waals surface area contributed by atoms with Crippen LogP contribution in [0.25, 0.3) is 0 Å². The molecule has 1 aliphatic carbocycles. The number of amides is 2. The fourth-order valence-corrected chi connectivity index (χ4v) is 2.71. The summed E-state index contributed by atoms with van der Waals surface area (Å²) in [5, 5.41) is 8.70. The second-order valence-corrected chi connectivity index (χ2v) is 5.79. The van der Waals surface area contributed by atoms with Crippen molar-refractivity contribution in [2.24, 2.45) is 11.8 Å². The van der Waals surface area contributed by atoms with Gasteiger partial charge in [0.2, 0.25) is 11.8 Å². The maximum absolute atomic E-state index is 11.6. The van der Waals surface area contributed by atoms with Crippen molar-refractivity contribution in [3.8, 4) is 0 Å². The summed E-state index contributed by atoms with van der Waals surface area (Å²) in [5.41, 5.74) is 0. The standard InChI is InChI=1S/C14H25N3O2/c18-13(6-5-11-3-1-2-4-11)17-10-14(19)16-9-12-7-15-8-12/h11-12,15H,1-10H2,(H,16,19)(H,17,18). The number of carbonyl (C=O) groups is 2. The van der Waals surface area contributed by atoms with E-state index in [0.29, 0.717) is 18.9 Å². The average Bonchev–Trinajstić information content (AvgIpc) is 2.85. The molecule has 0 aromatic rings. The van der Waals surface area contributed by atoms with Crippen LogP contribution < -0.4 is 16.0 Å². The molecule has 19 heavy (non-hydrogen) atoms. The van der Waals surface area contributed by atoms with E-state index >= 15 is 0 Å². The van der Waals surface area contributed by atoms with Gasteiger partial charge in [0, 0.05) is 32.0 Å². The predicted octanol–water partition coefficient (Wildman–Crippen LogP) is 0.409. The van der Waals surface area contributed by atoms with Crippen LogP contribution in [-0.4, -0.2) is 38.0 Å². The van der Waals surface area contributed by atoms with Gasteiger partial charge in [0.05, 0.1) is 6.54 Å². The van der Waals surface area contributed by atoms with Crippen molar-refractivity contribution in [2.45, 2.75) is 38.5 Å². The summed E-state index contributed by atoms with van der Waals surface area (Å²) in [6, 6.07) is 0. The maximum Gasteiger partial charge on any atom is 0.239 e. The maximum atomic E-state index is 11.6. The molecule has 0 spiro atoms. The van der Waals surface area contributed by atoms with Crippen molar-refractivity contribution < 1.29 is 9.59 Å². The summed E-state index contributed by atoms with van der Waals surface area (Å²) in [5.74, 6) is 1.21. The number of carbonyl (C=O) groups excluding carboxylic acids is 2. The molecule has 2 fully saturated rings. The lowest BCUT2D eigenvalue weighted by atomic mass is 10.0. The quantitative estimate of drug-likeness (QED) is 0.625. The summed E-state index contributed by atoms with van der Waals surface area (Å²) in [6.45, 7) is 2.79. The second-order valence-electron chi connectivity index (χ2n) is 5.79. The molecule has 2 rings (SSSR count). The molecule has 2 aliphatic rings. The van der Waals surface area contributed by atoms with Crippen LogP contribution in [0.5, 0.6) is 0 Å². The van der Waals surface area contributed by atoms with E-state index in [-0.39, 0.29) is 18.4 Å². The molecule has 5 heteroatoms. The van der Waals surface area contributed by atoms with Crippen molar-refractivity contribution in [1.29, 1.82) is 0 Å². The Hall–Kier alpha value is -1.10. The highest BCUT2D eigenvalue weighted by Gasteiger charge is 2.18. The van der Waals surface area contributed by atoms with Crippen molar-refractivity contribution in [3.05, 3.63) is 0 Å². The minimum absolute atomic E-state index is 0.00682. The Morgan fingerprint density at radius 1 is 1.00 bits per heavy atom. The van der Waals surface area contributed by atoms with Crippen LogP contribution in [0.4, 0.5) is 0 Å². The lowest BCUT2D eigenvalue weighted by Crippen LogP contribution is -2.49. The molecule has 0 aromatic heterocycles. The van der Waals surface area contributed by atoms with E-state index in [9.17, 15) is 9.59 Å². The number of hydrogen-bond acceptors (Lipinski definition) is 3. The zero-order valence-electron chi connectivity index (χ0n) is 11.5. The van der Waals surface area contributed by atoms with E-state index in [1.807, 2.05) is 0 Å². The van der Waals surface area contributed by atoms with Gasteiger partial charge in [0.1, 0.15) is 0 Å². The third kappa shape index (κ3) is 5.19. The molecular formula is C14H25N3O2. The lowest BCUT2D eigenvalue weighted by molar-refractivity contribution is -0.126. The summed E-state index contributed by atoms with van der Waals surface area (Å²) < 4.78 is 0. The molecule has 0 atom stereocenters. The minimum Gasteiger partial charge on any atom is -0.354 e. The van der Waals surface area contributed by atoms with Gasteiger partial charge in [0.25, 0.3) is 0 Å². The Morgan fingerprint density at radius 3 is 2.37 bits per heavy atom. The lowest BCUT2D eigenvalue weighted by Gasteiger charge is -2.27.